The predicted octanol–water partition coefficient (Wildman–Crippen LogP) is 3.51. The number of nitrogens with one attached hydrogen (secondary N) is 2. The Kier molecular flexibility index (Phi) is 6.28. The van der Waals surface area contributed by atoms with Gasteiger partial charge in [0.2, 0.25) is 0 Å². The van der Waals surface area contributed by atoms with Crippen LogP contribution < -0.4 is 9.46 Å². The molecule has 1 aromatic heterocycles. The molecule has 3 rings (SSSR count). The highest BCUT2D eigenvalue weighted by Gasteiger charge is 2.20. The van der Waals surface area contributed by atoms with Crippen LogP contribution in [0.5, 0.6) is 5.75 Å². The standard InChI is InChI=1S/C19H19ClN4O5S/c1-11(2)18-21-19(23-22-18)13-5-3-4-6-15(13)24-30(27,28)12-7-8-16(14(20)9-12)29-10-17(25)26/h3-9,11,24H,10H2,1-2H3,(H,25,26)(H,21,22,23). The second kappa shape index (κ2) is 8.72. The minimum absolute atomic E-state index is 0.0250. The molecule has 0 fully saturated rings. The van der Waals surface area contributed by atoms with Gasteiger partial charge in [0.1, 0.15) is 11.6 Å². The number of carboxylic acid groups (broad SMARTS) is 1. The normalized spacial score (nSPS) is 11.5. The van der Waals surface area contributed by atoms with Gasteiger partial charge < -0.3 is 9.84 Å². The number of aromatic nitrogens is 3. The SMILES string of the molecule is CC(C)c1nc(-c2ccccc2NS(=O)(=O)c2ccc(OCC(=O)O)c(Cl)c2)n[nH]1. The van der Waals surface area contributed by atoms with Crippen molar-refractivity contribution in [2.45, 2.75) is 24.7 Å². The van der Waals surface area contributed by atoms with E-state index in [0.717, 1.165) is 0 Å². The molecule has 9 nitrogen and oxygen atoms in total. The maximum absolute atomic E-state index is 12.9. The summed E-state index contributed by atoms with van der Waals surface area (Å²) in [6.45, 7) is 3.34. The summed E-state index contributed by atoms with van der Waals surface area (Å²) in [6.07, 6.45) is 0. The highest BCUT2D eigenvalue weighted by Crippen LogP contribution is 2.31. The molecule has 30 heavy (non-hydrogen) atoms. The molecule has 0 saturated heterocycles. The summed E-state index contributed by atoms with van der Waals surface area (Å²) in [7, 11) is -4.00. The number of hydrogen-bond acceptors (Lipinski definition) is 6. The van der Waals surface area contributed by atoms with E-state index in [-0.39, 0.29) is 21.6 Å². The molecule has 11 heteroatoms. The molecule has 158 valence electrons. The van der Waals surface area contributed by atoms with Crippen LogP contribution in [0.1, 0.15) is 25.6 Å². The predicted molar refractivity (Wildman–Crippen MR) is 111 cm³/mol. The smallest absolute Gasteiger partial charge is 0.341 e. The van der Waals surface area contributed by atoms with E-state index in [1.54, 1.807) is 24.3 Å². The Morgan fingerprint density at radius 3 is 2.63 bits per heavy atom. The number of nitrogens with zero attached hydrogens (tertiary/aromatic N) is 2. The Morgan fingerprint density at radius 2 is 2.00 bits per heavy atom. The summed E-state index contributed by atoms with van der Waals surface area (Å²) in [5.74, 6) is 0.0898. The molecule has 3 N–H and O–H groups in total. The van der Waals surface area contributed by atoms with Crippen LogP contribution >= 0.6 is 11.6 Å². The number of sulfonamides is 1. The van der Waals surface area contributed by atoms with Crippen molar-refractivity contribution in [2.75, 3.05) is 11.3 Å². The zero-order valence-corrected chi connectivity index (χ0v) is 17.7. The molecule has 0 bridgehead atoms. The van der Waals surface area contributed by atoms with Crippen molar-refractivity contribution in [2.24, 2.45) is 0 Å². The third-order valence-electron chi connectivity index (χ3n) is 4.03. The fourth-order valence-corrected chi connectivity index (χ4v) is 3.93. The molecule has 0 spiro atoms. The van der Waals surface area contributed by atoms with Gasteiger partial charge >= 0.3 is 5.97 Å². The zero-order chi connectivity index (χ0) is 21.9. The maximum atomic E-state index is 12.9. The number of halogens is 1. The first-order valence-corrected chi connectivity index (χ1v) is 10.7. The lowest BCUT2D eigenvalue weighted by atomic mass is 10.1. The third-order valence-corrected chi connectivity index (χ3v) is 5.69. The molecule has 0 unspecified atom stereocenters. The lowest BCUT2D eigenvalue weighted by Gasteiger charge is -2.12. The molecule has 0 saturated carbocycles. The summed E-state index contributed by atoms with van der Waals surface area (Å²) in [4.78, 5) is 14.9. The van der Waals surface area contributed by atoms with Crippen molar-refractivity contribution >= 4 is 33.3 Å². The van der Waals surface area contributed by atoms with Gasteiger partial charge in [0.05, 0.1) is 15.6 Å². The molecule has 2 aromatic carbocycles. The van der Waals surface area contributed by atoms with Crippen LogP contribution in [-0.2, 0) is 14.8 Å². The largest absolute Gasteiger partial charge is 0.480 e. The quantitative estimate of drug-likeness (QED) is 0.478. The summed E-state index contributed by atoms with van der Waals surface area (Å²) in [5, 5.41) is 15.7. The van der Waals surface area contributed by atoms with E-state index in [1.807, 2.05) is 13.8 Å². The summed E-state index contributed by atoms with van der Waals surface area (Å²) < 4.78 is 33.3. The Hall–Kier alpha value is -3.11. The van der Waals surface area contributed by atoms with Gasteiger partial charge in [0.15, 0.2) is 12.4 Å². The van der Waals surface area contributed by atoms with Gasteiger partial charge in [-0.3, -0.25) is 9.82 Å². The van der Waals surface area contributed by atoms with Crippen molar-refractivity contribution in [3.63, 3.8) is 0 Å². The number of aromatic amines is 1. The summed E-state index contributed by atoms with van der Waals surface area (Å²) in [5.41, 5.74) is 0.811. The number of para-hydroxylation sites is 1. The fraction of sp³-hybridized carbons (Fsp3) is 0.211. The number of benzene rings is 2. The first kappa shape index (κ1) is 21.6. The van der Waals surface area contributed by atoms with Crippen molar-refractivity contribution in [1.29, 1.82) is 0 Å². The number of H-pyrrole nitrogens is 1. The number of hydrogen-bond donors (Lipinski definition) is 3. The average Bonchev–Trinajstić information content (AvgIpc) is 3.17. The van der Waals surface area contributed by atoms with E-state index in [4.69, 9.17) is 21.4 Å². The summed E-state index contributed by atoms with van der Waals surface area (Å²) in [6, 6.07) is 10.5. The minimum Gasteiger partial charge on any atom is -0.480 e. The lowest BCUT2D eigenvalue weighted by molar-refractivity contribution is -0.139. The van der Waals surface area contributed by atoms with E-state index in [1.165, 1.54) is 18.2 Å². The van der Waals surface area contributed by atoms with Gasteiger partial charge in [-0.25, -0.2) is 18.2 Å². The lowest BCUT2D eigenvalue weighted by Crippen LogP contribution is -2.14. The highest BCUT2D eigenvalue weighted by atomic mass is 35.5. The highest BCUT2D eigenvalue weighted by molar-refractivity contribution is 7.92. The number of rotatable bonds is 8. The Balaban J connectivity index is 1.89. The van der Waals surface area contributed by atoms with Crippen LogP contribution in [0.2, 0.25) is 5.02 Å². The third kappa shape index (κ3) is 4.89. The Labute approximate surface area is 178 Å². The Bertz CT molecular complexity index is 1180. The number of anilines is 1. The van der Waals surface area contributed by atoms with Crippen LogP contribution in [0.4, 0.5) is 5.69 Å². The molecule has 0 atom stereocenters. The van der Waals surface area contributed by atoms with Crippen LogP contribution in [-0.4, -0.2) is 41.3 Å². The molecular formula is C19H19ClN4O5S. The second-order valence-corrected chi connectivity index (χ2v) is 8.71. The van der Waals surface area contributed by atoms with Gasteiger partial charge in [-0.15, -0.1) is 0 Å². The number of carbonyl (C=O) groups is 1. The molecule has 0 radical (unpaired) electrons. The number of aliphatic carboxylic acids is 1. The van der Waals surface area contributed by atoms with Crippen LogP contribution in [0.3, 0.4) is 0 Å². The van der Waals surface area contributed by atoms with Crippen molar-refractivity contribution in [3.8, 4) is 17.1 Å². The molecular weight excluding hydrogens is 432 g/mol. The van der Waals surface area contributed by atoms with Gasteiger partial charge in [-0.1, -0.05) is 37.6 Å². The molecule has 0 amide bonds. The van der Waals surface area contributed by atoms with Crippen molar-refractivity contribution in [1.82, 2.24) is 15.2 Å². The number of carboxylic acids is 1. The van der Waals surface area contributed by atoms with E-state index < -0.39 is 22.6 Å². The van der Waals surface area contributed by atoms with E-state index in [2.05, 4.69) is 19.9 Å². The first-order valence-electron chi connectivity index (χ1n) is 8.86. The second-order valence-electron chi connectivity index (χ2n) is 6.62. The molecule has 1 heterocycles. The Morgan fingerprint density at radius 1 is 1.27 bits per heavy atom. The zero-order valence-electron chi connectivity index (χ0n) is 16.1. The van der Waals surface area contributed by atoms with Crippen LogP contribution in [0.25, 0.3) is 11.4 Å². The number of ether oxygens (including phenoxy) is 1. The van der Waals surface area contributed by atoms with E-state index in [9.17, 15) is 13.2 Å². The summed E-state index contributed by atoms with van der Waals surface area (Å²) >= 11 is 6.05. The van der Waals surface area contributed by atoms with Crippen molar-refractivity contribution in [3.05, 3.63) is 53.3 Å². The first-order chi connectivity index (χ1) is 14.2. The fourth-order valence-electron chi connectivity index (χ4n) is 2.53. The van der Waals surface area contributed by atoms with E-state index in [0.29, 0.717) is 22.9 Å². The van der Waals surface area contributed by atoms with Gasteiger partial charge in [0, 0.05) is 11.5 Å². The molecule has 0 aliphatic carbocycles. The maximum Gasteiger partial charge on any atom is 0.341 e. The average molecular weight is 451 g/mol. The van der Waals surface area contributed by atoms with Crippen molar-refractivity contribution < 1.29 is 23.1 Å². The van der Waals surface area contributed by atoms with Crippen LogP contribution in [0.15, 0.2) is 47.4 Å². The monoisotopic (exact) mass is 450 g/mol. The van der Waals surface area contributed by atoms with Gasteiger partial charge in [0.25, 0.3) is 10.0 Å². The molecule has 0 aliphatic heterocycles. The van der Waals surface area contributed by atoms with Crippen LogP contribution in [0, 0.1) is 0 Å². The topological polar surface area (TPSA) is 134 Å². The van der Waals surface area contributed by atoms with E-state index >= 15 is 0 Å². The van der Waals surface area contributed by atoms with Gasteiger partial charge in [-0.2, -0.15) is 5.10 Å². The minimum atomic E-state index is -4.00. The molecule has 3 aromatic rings. The van der Waals surface area contributed by atoms with Gasteiger partial charge in [-0.05, 0) is 30.3 Å². The molecule has 0 aliphatic rings.